The molecule has 0 bridgehead atoms. The first kappa shape index (κ1) is 15.4. The number of carbonyl (C=O) groups excluding carboxylic acids is 1. The van der Waals surface area contributed by atoms with Crippen LogP contribution in [0.2, 0.25) is 5.15 Å². The summed E-state index contributed by atoms with van der Waals surface area (Å²) in [6, 6.07) is 3.80. The van der Waals surface area contributed by atoms with E-state index in [1.54, 1.807) is 0 Å². The number of alkyl halides is 5. The third-order valence-corrected chi connectivity index (χ3v) is 3.00. The molecule has 0 radical (unpaired) electrons. The predicted molar refractivity (Wildman–Crippen MR) is 63.9 cm³/mol. The highest BCUT2D eigenvalue weighted by molar-refractivity contribution is 6.32. The number of hydrogen-bond donors (Lipinski definition) is 0. The van der Waals surface area contributed by atoms with Crippen molar-refractivity contribution in [1.82, 2.24) is 9.78 Å². The van der Waals surface area contributed by atoms with Crippen LogP contribution < -0.4 is 0 Å². The van der Waals surface area contributed by atoms with Gasteiger partial charge in [0.15, 0.2) is 6.29 Å². The van der Waals surface area contributed by atoms with E-state index in [-0.39, 0.29) is 12.0 Å². The van der Waals surface area contributed by atoms with E-state index in [0.717, 1.165) is 12.1 Å². The average molecular weight is 325 g/mol. The van der Waals surface area contributed by atoms with Gasteiger partial charge in [0, 0.05) is 0 Å². The maximum absolute atomic E-state index is 12.7. The molecule has 0 aliphatic carbocycles. The van der Waals surface area contributed by atoms with Crippen LogP contribution in [-0.4, -0.2) is 16.1 Å². The third-order valence-electron chi connectivity index (χ3n) is 2.63. The molecule has 1 aromatic carbocycles. The summed E-state index contributed by atoms with van der Waals surface area (Å²) in [6.07, 6.45) is -7.59. The molecule has 2 aromatic rings. The molecule has 21 heavy (non-hydrogen) atoms. The number of rotatable bonds is 3. The van der Waals surface area contributed by atoms with Gasteiger partial charge in [-0.05, 0) is 18.2 Å². The number of carbonyl (C=O) groups is 1. The van der Waals surface area contributed by atoms with Gasteiger partial charge in [-0.3, -0.25) is 4.79 Å². The van der Waals surface area contributed by atoms with Crippen molar-refractivity contribution < 1.29 is 26.7 Å². The van der Waals surface area contributed by atoms with Crippen molar-refractivity contribution in [2.75, 3.05) is 0 Å². The van der Waals surface area contributed by atoms with Crippen LogP contribution in [0.5, 0.6) is 0 Å². The van der Waals surface area contributed by atoms with Gasteiger partial charge in [-0.25, -0.2) is 13.5 Å². The number of aldehydes is 1. The van der Waals surface area contributed by atoms with Crippen LogP contribution >= 0.6 is 11.6 Å². The second-order valence-corrected chi connectivity index (χ2v) is 4.33. The Labute approximate surface area is 119 Å². The van der Waals surface area contributed by atoms with E-state index < -0.39 is 34.6 Å². The second kappa shape index (κ2) is 5.44. The molecule has 0 saturated heterocycles. The summed E-state index contributed by atoms with van der Waals surface area (Å²) in [5.41, 5.74) is -2.60. The maximum atomic E-state index is 12.7. The highest BCUT2D eigenvalue weighted by Gasteiger charge is 2.31. The van der Waals surface area contributed by atoms with Gasteiger partial charge in [0.05, 0.1) is 16.8 Å². The first-order valence-corrected chi connectivity index (χ1v) is 5.83. The molecule has 0 N–H and O–H groups in total. The molecule has 1 aromatic heterocycles. The van der Waals surface area contributed by atoms with Crippen molar-refractivity contribution in [3.63, 3.8) is 0 Å². The predicted octanol–water partition coefficient (Wildman–Crippen LogP) is 4.29. The fourth-order valence-electron chi connectivity index (χ4n) is 1.68. The summed E-state index contributed by atoms with van der Waals surface area (Å²) in [4.78, 5) is 10.8. The number of halogens is 6. The molecule has 0 saturated carbocycles. The van der Waals surface area contributed by atoms with E-state index in [9.17, 15) is 26.7 Å². The van der Waals surface area contributed by atoms with Crippen molar-refractivity contribution in [3.05, 3.63) is 46.2 Å². The number of nitrogens with zero attached hydrogens (tertiary/aromatic N) is 2. The zero-order valence-electron chi connectivity index (χ0n) is 10.0. The molecule has 1 heterocycles. The van der Waals surface area contributed by atoms with Crippen LogP contribution in [0.3, 0.4) is 0 Å². The number of aromatic nitrogens is 2. The molecule has 0 unspecified atom stereocenters. The van der Waals surface area contributed by atoms with Gasteiger partial charge in [-0.2, -0.15) is 18.3 Å². The lowest BCUT2D eigenvalue weighted by Crippen LogP contribution is -2.06. The van der Waals surface area contributed by atoms with Crippen molar-refractivity contribution in [2.24, 2.45) is 0 Å². The lowest BCUT2D eigenvalue weighted by molar-refractivity contribution is -0.137. The van der Waals surface area contributed by atoms with Crippen LogP contribution in [0, 0.1) is 0 Å². The van der Waals surface area contributed by atoms with Crippen LogP contribution in [0.4, 0.5) is 22.0 Å². The minimum absolute atomic E-state index is 0.0843. The Hall–Kier alpha value is -1.96. The van der Waals surface area contributed by atoms with E-state index in [4.69, 9.17) is 11.6 Å². The molecular formula is C12H6ClF5N2O. The number of hydrogen-bond acceptors (Lipinski definition) is 2. The molecule has 0 fully saturated rings. The highest BCUT2D eigenvalue weighted by atomic mass is 35.5. The Morgan fingerprint density at radius 1 is 1.29 bits per heavy atom. The fraction of sp³-hybridized carbons (Fsp3) is 0.167. The minimum atomic E-state index is -4.60. The third kappa shape index (κ3) is 2.90. The summed E-state index contributed by atoms with van der Waals surface area (Å²) in [5.74, 6) is 0. The Bertz CT molecular complexity index is 681. The van der Waals surface area contributed by atoms with Gasteiger partial charge in [-0.1, -0.05) is 17.7 Å². The van der Waals surface area contributed by atoms with Gasteiger partial charge in [0.2, 0.25) is 0 Å². The summed E-state index contributed by atoms with van der Waals surface area (Å²) in [7, 11) is 0. The van der Waals surface area contributed by atoms with E-state index in [2.05, 4.69) is 5.10 Å². The summed E-state index contributed by atoms with van der Waals surface area (Å²) in [6.45, 7) is 0. The maximum Gasteiger partial charge on any atom is 0.416 e. The number of benzene rings is 1. The van der Waals surface area contributed by atoms with Crippen LogP contribution in [0.25, 0.3) is 5.69 Å². The minimum Gasteiger partial charge on any atom is -0.298 e. The quantitative estimate of drug-likeness (QED) is 0.623. The topological polar surface area (TPSA) is 34.9 Å². The van der Waals surface area contributed by atoms with E-state index in [1.807, 2.05) is 0 Å². The first-order valence-electron chi connectivity index (χ1n) is 5.45. The van der Waals surface area contributed by atoms with E-state index in [0.29, 0.717) is 10.7 Å². The van der Waals surface area contributed by atoms with Gasteiger partial charge in [0.25, 0.3) is 6.43 Å². The van der Waals surface area contributed by atoms with Crippen molar-refractivity contribution in [2.45, 2.75) is 12.6 Å². The monoisotopic (exact) mass is 324 g/mol. The molecule has 0 spiro atoms. The zero-order chi connectivity index (χ0) is 15.8. The summed E-state index contributed by atoms with van der Waals surface area (Å²) >= 11 is 5.73. The van der Waals surface area contributed by atoms with Gasteiger partial charge < -0.3 is 0 Å². The molecule has 9 heteroatoms. The van der Waals surface area contributed by atoms with Gasteiger partial charge in [0.1, 0.15) is 10.8 Å². The molecule has 2 rings (SSSR count). The van der Waals surface area contributed by atoms with Crippen molar-refractivity contribution in [1.29, 1.82) is 0 Å². The SMILES string of the molecule is O=Cc1c(C(F)F)nn(-c2cccc(C(F)(F)F)c2)c1Cl. The molecule has 0 aliphatic rings. The standard InChI is InChI=1S/C12H6ClF5N2O/c13-10-8(5-21)9(11(14)15)19-20(10)7-3-1-2-6(4-7)12(16,17)18/h1-5,11H. The molecule has 0 amide bonds. The smallest absolute Gasteiger partial charge is 0.298 e. The summed E-state index contributed by atoms with van der Waals surface area (Å²) < 4.78 is 64.0. The Balaban J connectivity index is 2.60. The molecule has 112 valence electrons. The zero-order valence-corrected chi connectivity index (χ0v) is 10.8. The Kier molecular flexibility index (Phi) is 3.99. The lowest BCUT2D eigenvalue weighted by Gasteiger charge is -2.09. The van der Waals surface area contributed by atoms with Crippen LogP contribution in [0.15, 0.2) is 24.3 Å². The van der Waals surface area contributed by atoms with E-state index in [1.165, 1.54) is 6.07 Å². The van der Waals surface area contributed by atoms with E-state index >= 15 is 0 Å². The fourth-order valence-corrected chi connectivity index (χ4v) is 1.96. The Morgan fingerprint density at radius 3 is 2.43 bits per heavy atom. The van der Waals surface area contributed by atoms with Crippen LogP contribution in [-0.2, 0) is 6.18 Å². The summed E-state index contributed by atoms with van der Waals surface area (Å²) in [5, 5.41) is 2.94. The molecule has 3 nitrogen and oxygen atoms in total. The highest BCUT2D eigenvalue weighted by Crippen LogP contribution is 2.32. The first-order chi connectivity index (χ1) is 9.75. The van der Waals surface area contributed by atoms with Crippen LogP contribution in [0.1, 0.15) is 28.0 Å². The van der Waals surface area contributed by atoms with Gasteiger partial charge in [-0.15, -0.1) is 0 Å². The molecular weight excluding hydrogens is 319 g/mol. The second-order valence-electron chi connectivity index (χ2n) is 3.97. The average Bonchev–Trinajstić information content (AvgIpc) is 2.75. The largest absolute Gasteiger partial charge is 0.416 e. The van der Waals surface area contributed by atoms with Crippen molar-refractivity contribution >= 4 is 17.9 Å². The normalized spacial score (nSPS) is 12.0. The van der Waals surface area contributed by atoms with Gasteiger partial charge >= 0.3 is 6.18 Å². The lowest BCUT2D eigenvalue weighted by atomic mass is 10.2. The van der Waals surface area contributed by atoms with Crippen molar-refractivity contribution in [3.8, 4) is 5.69 Å². The molecule has 0 atom stereocenters. The molecule has 0 aliphatic heterocycles. The Morgan fingerprint density at radius 2 is 1.95 bits per heavy atom.